The largest absolute Gasteiger partial charge is 0.460 e. The Kier molecular flexibility index (Phi) is 5.08. The molecule has 2 N–H and O–H groups in total. The number of ether oxygens (including phenoxy) is 2. The van der Waals surface area contributed by atoms with Crippen molar-refractivity contribution in [1.82, 2.24) is 0 Å². The van der Waals surface area contributed by atoms with Crippen molar-refractivity contribution in [3.8, 4) is 0 Å². The maximum atomic E-state index is 11.0. The molecule has 16 heavy (non-hydrogen) atoms. The molecule has 0 bridgehead atoms. The summed E-state index contributed by atoms with van der Waals surface area (Å²) in [5.41, 5.74) is 7.20. The smallest absolute Gasteiger partial charge is 0.332 e. The third kappa shape index (κ3) is 4.61. The normalized spacial score (nSPS) is 9.75. The highest BCUT2D eigenvalue weighted by molar-refractivity contribution is 5.70. The molecule has 0 aliphatic heterocycles. The van der Waals surface area contributed by atoms with Gasteiger partial charge < -0.3 is 15.2 Å². The number of nitrogens with two attached hydrogens (primary N) is 1. The van der Waals surface area contributed by atoms with Crippen LogP contribution in [0.5, 0.6) is 0 Å². The first-order valence-corrected chi connectivity index (χ1v) is 4.91. The maximum Gasteiger partial charge on any atom is 0.332 e. The highest BCUT2D eigenvalue weighted by Crippen LogP contribution is 2.07. The Morgan fingerprint density at radius 1 is 1.50 bits per heavy atom. The van der Waals surface area contributed by atoms with E-state index in [9.17, 15) is 4.79 Å². The summed E-state index contributed by atoms with van der Waals surface area (Å²) < 4.78 is 9.92. The van der Waals surface area contributed by atoms with Crippen LogP contribution in [0.4, 0.5) is 5.69 Å². The summed E-state index contributed by atoms with van der Waals surface area (Å²) in [6.07, 6.45) is 1.51. The number of carbonyl (C=O) groups is 1. The van der Waals surface area contributed by atoms with Crippen LogP contribution in [0.15, 0.2) is 36.9 Å². The summed E-state index contributed by atoms with van der Waals surface area (Å²) in [5.74, 6) is -0.399. The quantitative estimate of drug-likeness (QED) is 0.449. The second-order valence-corrected chi connectivity index (χ2v) is 3.21. The highest BCUT2D eigenvalue weighted by atomic mass is 16.6. The van der Waals surface area contributed by atoms with Gasteiger partial charge in [0, 0.05) is 5.69 Å². The van der Waals surface area contributed by atoms with E-state index in [0.29, 0.717) is 12.3 Å². The van der Waals surface area contributed by atoms with Gasteiger partial charge in [-0.3, -0.25) is 0 Å². The van der Waals surface area contributed by atoms with Gasteiger partial charge in [-0.15, -0.1) is 0 Å². The van der Waals surface area contributed by atoms with Gasteiger partial charge in [0.05, 0.1) is 6.61 Å². The molecule has 0 saturated carbocycles. The zero-order chi connectivity index (χ0) is 11.8. The number of hydrogen-bond donors (Lipinski definition) is 1. The first kappa shape index (κ1) is 12.3. The van der Waals surface area contributed by atoms with Crippen molar-refractivity contribution in [2.45, 2.75) is 6.61 Å². The monoisotopic (exact) mass is 221 g/mol. The third-order valence-electron chi connectivity index (χ3n) is 1.80. The van der Waals surface area contributed by atoms with Crippen LogP contribution < -0.4 is 5.73 Å². The van der Waals surface area contributed by atoms with Crippen molar-refractivity contribution in [2.24, 2.45) is 0 Å². The molecule has 0 aromatic heterocycles. The van der Waals surface area contributed by atoms with E-state index in [-0.39, 0.29) is 13.2 Å². The number of anilines is 1. The van der Waals surface area contributed by atoms with Gasteiger partial charge in [-0.05, 0) is 17.7 Å². The van der Waals surface area contributed by atoms with E-state index >= 15 is 0 Å². The van der Waals surface area contributed by atoms with Crippen molar-refractivity contribution in [3.05, 3.63) is 42.5 Å². The van der Waals surface area contributed by atoms with Gasteiger partial charge >= 0.3 is 5.97 Å². The molecule has 0 atom stereocenters. The number of esters is 1. The van der Waals surface area contributed by atoms with E-state index in [4.69, 9.17) is 15.2 Å². The molecule has 1 rings (SSSR count). The van der Waals surface area contributed by atoms with Crippen LogP contribution in [-0.2, 0) is 20.9 Å². The van der Waals surface area contributed by atoms with Gasteiger partial charge in [0.2, 0.25) is 0 Å². The van der Waals surface area contributed by atoms with Crippen molar-refractivity contribution >= 4 is 11.7 Å². The van der Waals surface area contributed by atoms with Crippen LogP contribution in [0.2, 0.25) is 0 Å². The number of nitrogen functional groups attached to an aromatic ring is 1. The zero-order valence-electron chi connectivity index (χ0n) is 9.02. The lowest BCUT2D eigenvalue weighted by atomic mass is 10.2. The minimum atomic E-state index is -0.399. The van der Waals surface area contributed by atoms with Crippen LogP contribution in [0.25, 0.3) is 0 Å². The summed E-state index contributed by atoms with van der Waals surface area (Å²) in [4.78, 5) is 11.0. The van der Waals surface area contributed by atoms with E-state index in [2.05, 4.69) is 6.58 Å². The lowest BCUT2D eigenvalue weighted by Gasteiger charge is -2.04. The Bertz CT molecular complexity index is 363. The minimum Gasteiger partial charge on any atom is -0.460 e. The molecule has 0 aliphatic carbocycles. The second kappa shape index (κ2) is 6.63. The topological polar surface area (TPSA) is 61.5 Å². The molecule has 0 radical (unpaired) electrons. The average molecular weight is 221 g/mol. The lowest BCUT2D eigenvalue weighted by molar-refractivity contribution is -0.148. The Labute approximate surface area is 94.7 Å². The fourth-order valence-electron chi connectivity index (χ4n) is 1.13. The predicted octanol–water partition coefficient (Wildman–Crippen LogP) is 1.51. The molecule has 4 nitrogen and oxygen atoms in total. The standard InChI is InChI=1S/C12H15NO3/c1-2-6-16-12(14)9-15-8-10-4-3-5-11(13)7-10/h2-5,7H,1,6,8-9,13H2. The van der Waals surface area contributed by atoms with E-state index in [1.54, 1.807) is 12.1 Å². The van der Waals surface area contributed by atoms with Crippen LogP contribution >= 0.6 is 0 Å². The van der Waals surface area contributed by atoms with Crippen LogP contribution in [0.3, 0.4) is 0 Å². The average Bonchev–Trinajstić information content (AvgIpc) is 2.26. The molecule has 0 saturated heterocycles. The van der Waals surface area contributed by atoms with Crippen molar-refractivity contribution in [2.75, 3.05) is 18.9 Å². The minimum absolute atomic E-state index is 0.0668. The van der Waals surface area contributed by atoms with Gasteiger partial charge in [0.1, 0.15) is 13.2 Å². The summed E-state index contributed by atoms with van der Waals surface area (Å²) in [6, 6.07) is 7.31. The number of benzene rings is 1. The Balaban J connectivity index is 2.25. The third-order valence-corrected chi connectivity index (χ3v) is 1.80. The van der Waals surface area contributed by atoms with Gasteiger partial charge in [-0.2, -0.15) is 0 Å². The van der Waals surface area contributed by atoms with E-state index in [0.717, 1.165) is 5.56 Å². The molecule has 1 aromatic rings. The molecule has 1 aromatic carbocycles. The molecular weight excluding hydrogens is 206 g/mol. The maximum absolute atomic E-state index is 11.0. The van der Waals surface area contributed by atoms with Gasteiger partial charge in [-0.25, -0.2) is 4.79 Å². The molecular formula is C12H15NO3. The molecule has 0 heterocycles. The lowest BCUT2D eigenvalue weighted by Crippen LogP contribution is -2.12. The Morgan fingerprint density at radius 2 is 2.31 bits per heavy atom. The fraction of sp³-hybridized carbons (Fsp3) is 0.250. The SMILES string of the molecule is C=CCOC(=O)COCc1cccc(N)c1. The Morgan fingerprint density at radius 3 is 3.00 bits per heavy atom. The highest BCUT2D eigenvalue weighted by Gasteiger charge is 2.01. The van der Waals surface area contributed by atoms with Crippen LogP contribution in [-0.4, -0.2) is 19.2 Å². The number of hydrogen-bond acceptors (Lipinski definition) is 4. The molecule has 0 spiro atoms. The first-order valence-electron chi connectivity index (χ1n) is 4.91. The Hall–Kier alpha value is -1.81. The van der Waals surface area contributed by atoms with Gasteiger partial charge in [0.25, 0.3) is 0 Å². The van der Waals surface area contributed by atoms with E-state index in [1.807, 2.05) is 12.1 Å². The summed E-state index contributed by atoms with van der Waals surface area (Å²) in [5, 5.41) is 0. The van der Waals surface area contributed by atoms with Gasteiger partial charge in [0.15, 0.2) is 0 Å². The number of carbonyl (C=O) groups excluding carboxylic acids is 1. The molecule has 4 heteroatoms. The van der Waals surface area contributed by atoms with Crippen molar-refractivity contribution in [3.63, 3.8) is 0 Å². The molecule has 86 valence electrons. The fourth-order valence-corrected chi connectivity index (χ4v) is 1.13. The van der Waals surface area contributed by atoms with Crippen LogP contribution in [0, 0.1) is 0 Å². The molecule has 0 unspecified atom stereocenters. The van der Waals surface area contributed by atoms with E-state index in [1.165, 1.54) is 6.08 Å². The molecule has 0 amide bonds. The zero-order valence-corrected chi connectivity index (χ0v) is 9.02. The van der Waals surface area contributed by atoms with Gasteiger partial charge in [-0.1, -0.05) is 24.8 Å². The van der Waals surface area contributed by atoms with Crippen molar-refractivity contribution in [1.29, 1.82) is 0 Å². The second-order valence-electron chi connectivity index (χ2n) is 3.21. The summed E-state index contributed by atoms with van der Waals surface area (Å²) in [6.45, 7) is 3.92. The van der Waals surface area contributed by atoms with E-state index < -0.39 is 5.97 Å². The van der Waals surface area contributed by atoms with Crippen molar-refractivity contribution < 1.29 is 14.3 Å². The predicted molar refractivity (Wildman–Crippen MR) is 61.7 cm³/mol. The number of rotatable bonds is 6. The molecule has 0 fully saturated rings. The summed E-state index contributed by atoms with van der Waals surface area (Å²) >= 11 is 0. The first-order chi connectivity index (χ1) is 7.72. The molecule has 0 aliphatic rings. The van der Waals surface area contributed by atoms with Crippen LogP contribution in [0.1, 0.15) is 5.56 Å². The summed E-state index contributed by atoms with van der Waals surface area (Å²) in [7, 11) is 0.